The number of para-hydroxylation sites is 1. The van der Waals surface area contributed by atoms with E-state index in [1.807, 2.05) is 18.2 Å². The number of fused-ring (bicyclic) bond motifs is 1. The number of H-pyrrole nitrogens is 1. The molecule has 0 spiro atoms. The maximum atomic E-state index is 12.1. The normalized spacial score (nSPS) is 11.4. The van der Waals surface area contributed by atoms with Gasteiger partial charge in [-0.2, -0.15) is 0 Å². The predicted octanol–water partition coefficient (Wildman–Crippen LogP) is 5.17. The number of nitrogens with one attached hydrogen (secondary N) is 2. The molecule has 0 saturated carbocycles. The van der Waals surface area contributed by atoms with Gasteiger partial charge in [-0.1, -0.05) is 0 Å². The molecular weight excluding hydrogens is 475 g/mol. The monoisotopic (exact) mass is 508 g/mol. The molecule has 2 N–H and O–H groups in total. The van der Waals surface area contributed by atoms with Gasteiger partial charge in [-0.3, -0.25) is 0 Å². The summed E-state index contributed by atoms with van der Waals surface area (Å²) in [7, 11) is 1.38. The molecule has 1 heterocycles. The number of rotatable bonds is 12. The summed E-state index contributed by atoms with van der Waals surface area (Å²) in [5, 5.41) is 5.67. The van der Waals surface area contributed by atoms with Crippen LogP contribution in [0.4, 0.5) is 0 Å². The number of aromatic nitrogens is 1. The second-order valence-corrected chi connectivity index (χ2v) is 10.1. The summed E-state index contributed by atoms with van der Waals surface area (Å²) in [5.41, 5.74) is 5.80. The van der Waals surface area contributed by atoms with Crippen molar-refractivity contribution < 1.29 is 9.53 Å². The van der Waals surface area contributed by atoms with E-state index in [1.54, 1.807) is 0 Å². The Labute approximate surface area is 203 Å². The minimum absolute atomic E-state index is 0.352. The second kappa shape index (κ2) is 12.3. The SMILES string of the molecule is C=C(CC)C/C(=C\NCCc1c(C(=C)C(=O)OC)[nH]c2ccccc12)C[Se]c1ccccc1. The number of benzene rings is 2. The van der Waals surface area contributed by atoms with Crippen molar-refractivity contribution in [3.8, 4) is 0 Å². The van der Waals surface area contributed by atoms with Crippen LogP contribution in [0.1, 0.15) is 31.0 Å². The molecular formula is C28H32N2O2Se. The fourth-order valence-electron chi connectivity index (χ4n) is 3.64. The summed E-state index contributed by atoms with van der Waals surface area (Å²) in [6.07, 6.45) is 4.84. The van der Waals surface area contributed by atoms with Gasteiger partial charge in [-0.15, -0.1) is 0 Å². The quantitative estimate of drug-likeness (QED) is 0.117. The number of hydrogen-bond acceptors (Lipinski definition) is 3. The predicted molar refractivity (Wildman–Crippen MR) is 140 cm³/mol. The van der Waals surface area contributed by atoms with E-state index in [4.69, 9.17) is 4.74 Å². The summed E-state index contributed by atoms with van der Waals surface area (Å²) in [4.78, 5) is 15.5. The molecule has 5 heteroatoms. The van der Waals surface area contributed by atoms with Crippen LogP contribution in [0.15, 0.2) is 85.1 Å². The van der Waals surface area contributed by atoms with Gasteiger partial charge in [0.2, 0.25) is 0 Å². The standard InChI is InChI=1S/C28H32N2O2Se/c1-5-20(2)17-22(19-33-23-11-7-6-8-12-23)18-29-16-15-25-24-13-9-10-14-26(24)30-27(25)21(3)28(31)32-4/h6-14,18,29-30H,2-3,5,15-17,19H2,1,4H3/b22-18+. The minimum atomic E-state index is -0.417. The zero-order valence-corrected chi connectivity index (χ0v) is 21.2. The Bertz CT molecular complexity index is 1150. The van der Waals surface area contributed by atoms with Gasteiger partial charge in [0.25, 0.3) is 0 Å². The average Bonchev–Trinajstić information content (AvgIpc) is 3.22. The van der Waals surface area contributed by atoms with E-state index >= 15 is 0 Å². The van der Waals surface area contributed by atoms with E-state index < -0.39 is 5.97 Å². The van der Waals surface area contributed by atoms with Gasteiger partial charge < -0.3 is 0 Å². The first-order valence-corrected chi connectivity index (χ1v) is 13.2. The summed E-state index contributed by atoms with van der Waals surface area (Å²) < 4.78 is 6.30. The molecule has 0 bridgehead atoms. The number of esters is 1. The first-order chi connectivity index (χ1) is 16.0. The van der Waals surface area contributed by atoms with Crippen molar-refractivity contribution in [3.63, 3.8) is 0 Å². The van der Waals surface area contributed by atoms with Crippen LogP contribution in [0.5, 0.6) is 0 Å². The molecule has 1 aromatic heterocycles. The van der Waals surface area contributed by atoms with Gasteiger partial charge >= 0.3 is 203 Å². The Balaban J connectivity index is 1.71. The van der Waals surface area contributed by atoms with Crippen LogP contribution in [-0.4, -0.2) is 39.6 Å². The summed E-state index contributed by atoms with van der Waals surface area (Å²) in [5.74, 6) is -0.417. The van der Waals surface area contributed by atoms with Gasteiger partial charge in [0.1, 0.15) is 0 Å². The number of carbonyl (C=O) groups excluding carboxylic acids is 1. The van der Waals surface area contributed by atoms with Gasteiger partial charge in [0.15, 0.2) is 0 Å². The van der Waals surface area contributed by atoms with Crippen molar-refractivity contribution in [2.75, 3.05) is 13.7 Å². The molecule has 0 saturated heterocycles. The topological polar surface area (TPSA) is 54.1 Å². The zero-order valence-electron chi connectivity index (χ0n) is 19.4. The van der Waals surface area contributed by atoms with Crippen molar-refractivity contribution in [1.82, 2.24) is 10.3 Å². The molecule has 4 nitrogen and oxygen atoms in total. The molecule has 0 aliphatic rings. The number of methoxy groups -OCH3 is 1. The first kappa shape index (κ1) is 24.6. The fraction of sp³-hybridized carbons (Fsp3) is 0.250. The fourth-order valence-corrected chi connectivity index (χ4v) is 5.50. The molecule has 0 atom stereocenters. The van der Waals surface area contributed by atoms with E-state index in [-0.39, 0.29) is 0 Å². The molecule has 2 aromatic carbocycles. The van der Waals surface area contributed by atoms with Crippen molar-refractivity contribution >= 4 is 41.9 Å². The summed E-state index contributed by atoms with van der Waals surface area (Å²) >= 11 is 0.394. The molecule has 0 fully saturated rings. The average molecular weight is 508 g/mol. The molecule has 172 valence electrons. The number of aromatic amines is 1. The second-order valence-electron chi connectivity index (χ2n) is 7.88. The van der Waals surface area contributed by atoms with Gasteiger partial charge in [0.05, 0.1) is 0 Å². The Kier molecular flexibility index (Phi) is 9.17. The van der Waals surface area contributed by atoms with Crippen LogP contribution in [-0.2, 0) is 16.0 Å². The Hall–Kier alpha value is -3.01. The van der Waals surface area contributed by atoms with E-state index in [0.717, 1.165) is 53.3 Å². The number of hydrogen-bond donors (Lipinski definition) is 2. The van der Waals surface area contributed by atoms with Gasteiger partial charge in [-0.05, 0) is 0 Å². The third-order valence-corrected chi connectivity index (χ3v) is 7.87. The van der Waals surface area contributed by atoms with Crippen LogP contribution >= 0.6 is 0 Å². The molecule has 0 amide bonds. The molecule has 0 aliphatic carbocycles. The van der Waals surface area contributed by atoms with Crippen molar-refractivity contribution in [2.24, 2.45) is 0 Å². The maximum absolute atomic E-state index is 12.1. The summed E-state index contributed by atoms with van der Waals surface area (Å²) in [6, 6.07) is 18.7. The Morgan fingerprint density at radius 1 is 1.12 bits per heavy atom. The van der Waals surface area contributed by atoms with E-state index in [9.17, 15) is 4.79 Å². The molecule has 33 heavy (non-hydrogen) atoms. The Morgan fingerprint density at radius 2 is 1.85 bits per heavy atom. The third kappa shape index (κ3) is 6.74. The molecule has 3 aromatic rings. The van der Waals surface area contributed by atoms with E-state index in [1.165, 1.54) is 22.7 Å². The Morgan fingerprint density at radius 3 is 2.58 bits per heavy atom. The van der Waals surface area contributed by atoms with Crippen molar-refractivity contribution in [2.45, 2.75) is 31.5 Å². The summed E-state index contributed by atoms with van der Waals surface area (Å²) in [6.45, 7) is 11.1. The molecule has 3 rings (SSSR count). The molecule has 0 aliphatic heterocycles. The van der Waals surface area contributed by atoms with Crippen LogP contribution in [0.2, 0.25) is 5.32 Å². The number of allylic oxidation sites excluding steroid dienone is 2. The molecule has 0 unspecified atom stereocenters. The van der Waals surface area contributed by atoms with Crippen LogP contribution in [0.25, 0.3) is 16.5 Å². The van der Waals surface area contributed by atoms with Gasteiger partial charge in [0, 0.05) is 0 Å². The van der Waals surface area contributed by atoms with E-state index in [2.05, 4.69) is 73.0 Å². The van der Waals surface area contributed by atoms with Crippen molar-refractivity contribution in [3.05, 3.63) is 96.4 Å². The van der Waals surface area contributed by atoms with Crippen LogP contribution in [0.3, 0.4) is 0 Å². The zero-order chi connectivity index (χ0) is 23.6. The van der Waals surface area contributed by atoms with Gasteiger partial charge in [-0.25, -0.2) is 0 Å². The molecule has 0 radical (unpaired) electrons. The first-order valence-electron chi connectivity index (χ1n) is 11.2. The van der Waals surface area contributed by atoms with Crippen LogP contribution < -0.4 is 9.78 Å². The van der Waals surface area contributed by atoms with Crippen molar-refractivity contribution in [1.29, 1.82) is 0 Å². The number of ether oxygens (including phenoxy) is 1. The number of carbonyl (C=O) groups is 1. The third-order valence-electron chi connectivity index (χ3n) is 5.52. The van der Waals surface area contributed by atoms with Crippen LogP contribution in [0, 0.1) is 0 Å². The van der Waals surface area contributed by atoms with E-state index in [0.29, 0.717) is 20.5 Å².